The lowest BCUT2D eigenvalue weighted by atomic mass is 10.1. The lowest BCUT2D eigenvalue weighted by molar-refractivity contribution is -0.141. The molecule has 2 aromatic rings. The van der Waals surface area contributed by atoms with Gasteiger partial charge >= 0.3 is 5.97 Å². The maximum absolute atomic E-state index is 13.0. The Balaban J connectivity index is 2.32. The molecule has 0 saturated carbocycles. The summed E-state index contributed by atoms with van der Waals surface area (Å²) < 4.78 is 10.5. The Morgan fingerprint density at radius 3 is 2.40 bits per heavy atom. The van der Waals surface area contributed by atoms with Gasteiger partial charge in [-0.25, -0.2) is 0 Å². The summed E-state index contributed by atoms with van der Waals surface area (Å²) in [7, 11) is 2.81. The molecule has 0 fully saturated rings. The lowest BCUT2D eigenvalue weighted by Crippen LogP contribution is -2.36. The Morgan fingerprint density at radius 2 is 1.80 bits per heavy atom. The van der Waals surface area contributed by atoms with Gasteiger partial charge in [-0.05, 0) is 51.8 Å². The number of esters is 1. The van der Waals surface area contributed by atoms with E-state index in [4.69, 9.17) is 21.1 Å². The molecule has 5 nitrogen and oxygen atoms in total. The van der Waals surface area contributed by atoms with Crippen molar-refractivity contribution in [2.75, 3.05) is 20.8 Å². The van der Waals surface area contributed by atoms with Crippen molar-refractivity contribution in [2.24, 2.45) is 0 Å². The molecule has 0 aliphatic carbocycles. The molecule has 0 aliphatic rings. The first-order valence-corrected chi connectivity index (χ1v) is 8.55. The minimum atomic E-state index is -0.499. The Morgan fingerprint density at radius 1 is 1.12 bits per heavy atom. The number of hydrogen-bond donors (Lipinski definition) is 0. The first-order chi connectivity index (χ1) is 11.9. The van der Waals surface area contributed by atoms with Crippen LogP contribution in [-0.4, -0.2) is 37.5 Å². The molecule has 25 heavy (non-hydrogen) atoms. The van der Waals surface area contributed by atoms with Crippen LogP contribution in [0.1, 0.15) is 15.9 Å². The SMILES string of the molecule is COC(=O)CN(Cc1ccc(Cl)cc1)C(=O)c1cc(OC)ccc1Br. The molecule has 0 radical (unpaired) electrons. The topological polar surface area (TPSA) is 55.8 Å². The molecule has 0 heterocycles. The van der Waals surface area contributed by atoms with Crippen molar-refractivity contribution in [2.45, 2.75) is 6.54 Å². The summed E-state index contributed by atoms with van der Waals surface area (Å²) in [5, 5.41) is 0.602. The molecule has 132 valence electrons. The van der Waals surface area contributed by atoms with Crippen LogP contribution in [0.25, 0.3) is 0 Å². The highest BCUT2D eigenvalue weighted by atomic mass is 79.9. The van der Waals surface area contributed by atoms with Crippen LogP contribution in [0.4, 0.5) is 0 Å². The minimum absolute atomic E-state index is 0.165. The molecule has 0 atom stereocenters. The van der Waals surface area contributed by atoms with Crippen molar-refractivity contribution in [3.8, 4) is 5.75 Å². The molecule has 2 aromatic carbocycles. The van der Waals surface area contributed by atoms with Crippen molar-refractivity contribution >= 4 is 39.4 Å². The van der Waals surface area contributed by atoms with Gasteiger partial charge in [-0.3, -0.25) is 9.59 Å². The molecule has 0 aliphatic heterocycles. The number of methoxy groups -OCH3 is 2. The summed E-state index contributed by atoms with van der Waals surface area (Å²) in [6, 6.07) is 12.2. The highest BCUT2D eigenvalue weighted by Crippen LogP contribution is 2.24. The molecule has 0 N–H and O–H groups in total. The normalized spacial score (nSPS) is 10.2. The van der Waals surface area contributed by atoms with Crippen LogP contribution in [0, 0.1) is 0 Å². The first kappa shape index (κ1) is 19.3. The van der Waals surface area contributed by atoms with Gasteiger partial charge in [0.15, 0.2) is 0 Å². The lowest BCUT2D eigenvalue weighted by Gasteiger charge is -2.22. The predicted octanol–water partition coefficient (Wildman–Crippen LogP) is 3.93. The monoisotopic (exact) mass is 425 g/mol. The zero-order chi connectivity index (χ0) is 18.4. The van der Waals surface area contributed by atoms with E-state index in [-0.39, 0.29) is 19.0 Å². The number of carbonyl (C=O) groups is 2. The zero-order valence-corrected chi connectivity index (χ0v) is 16.1. The van der Waals surface area contributed by atoms with Gasteiger partial charge in [0.05, 0.1) is 19.8 Å². The summed E-state index contributed by atoms with van der Waals surface area (Å²) in [6.07, 6.45) is 0. The second-order valence-corrected chi connectivity index (χ2v) is 6.50. The number of carbonyl (C=O) groups excluding carboxylic acids is 2. The van der Waals surface area contributed by atoms with E-state index in [9.17, 15) is 9.59 Å². The van der Waals surface area contributed by atoms with Gasteiger partial charge in [-0.1, -0.05) is 23.7 Å². The van der Waals surface area contributed by atoms with Gasteiger partial charge in [0, 0.05) is 16.0 Å². The molecule has 0 bridgehead atoms. The maximum atomic E-state index is 13.0. The fourth-order valence-electron chi connectivity index (χ4n) is 2.20. The van der Waals surface area contributed by atoms with E-state index in [1.54, 1.807) is 42.5 Å². The number of halogens is 2. The second-order valence-electron chi connectivity index (χ2n) is 5.21. The smallest absolute Gasteiger partial charge is 0.325 e. The Hall–Kier alpha value is -2.05. The number of rotatable bonds is 6. The van der Waals surface area contributed by atoms with Crippen LogP contribution in [-0.2, 0) is 16.1 Å². The molecular weight excluding hydrogens is 410 g/mol. The Kier molecular flexibility index (Phi) is 6.84. The number of nitrogens with zero attached hydrogens (tertiary/aromatic N) is 1. The van der Waals surface area contributed by atoms with Gasteiger partial charge in [-0.15, -0.1) is 0 Å². The van der Waals surface area contributed by atoms with Crippen LogP contribution in [0.3, 0.4) is 0 Å². The second kappa shape index (κ2) is 8.87. The van der Waals surface area contributed by atoms with E-state index in [2.05, 4.69) is 15.9 Å². The van der Waals surface area contributed by atoms with Crippen LogP contribution >= 0.6 is 27.5 Å². The van der Waals surface area contributed by atoms with E-state index in [1.165, 1.54) is 19.1 Å². The van der Waals surface area contributed by atoms with E-state index >= 15 is 0 Å². The number of ether oxygens (including phenoxy) is 2. The van der Waals surface area contributed by atoms with Crippen LogP contribution in [0.5, 0.6) is 5.75 Å². The van der Waals surface area contributed by atoms with Crippen molar-refractivity contribution in [1.82, 2.24) is 4.90 Å². The highest BCUT2D eigenvalue weighted by Gasteiger charge is 2.22. The molecule has 1 amide bonds. The third-order valence-corrected chi connectivity index (χ3v) is 4.47. The summed E-state index contributed by atoms with van der Waals surface area (Å²) in [5.41, 5.74) is 1.25. The van der Waals surface area contributed by atoms with Crippen LogP contribution in [0.15, 0.2) is 46.9 Å². The zero-order valence-electron chi connectivity index (χ0n) is 13.8. The summed E-state index contributed by atoms with van der Waals surface area (Å²) in [6.45, 7) is 0.0797. The maximum Gasteiger partial charge on any atom is 0.325 e. The van der Waals surface area contributed by atoms with Crippen molar-refractivity contribution in [1.29, 1.82) is 0 Å². The summed E-state index contributed by atoms with van der Waals surface area (Å²) in [4.78, 5) is 26.1. The van der Waals surface area contributed by atoms with Gasteiger partial charge < -0.3 is 14.4 Å². The summed E-state index contributed by atoms with van der Waals surface area (Å²) in [5.74, 6) is -0.261. The van der Waals surface area contributed by atoms with E-state index < -0.39 is 5.97 Å². The Bertz CT molecular complexity index is 764. The number of amides is 1. The van der Waals surface area contributed by atoms with Crippen molar-refractivity contribution in [3.63, 3.8) is 0 Å². The van der Waals surface area contributed by atoms with Gasteiger partial charge in [0.2, 0.25) is 0 Å². The average Bonchev–Trinajstić information content (AvgIpc) is 2.62. The summed E-state index contributed by atoms with van der Waals surface area (Å²) >= 11 is 9.26. The van der Waals surface area contributed by atoms with Crippen molar-refractivity contribution < 1.29 is 19.1 Å². The Labute approximate surface area is 159 Å². The molecule has 2 rings (SSSR count). The minimum Gasteiger partial charge on any atom is -0.497 e. The van der Waals surface area contributed by atoms with E-state index in [0.29, 0.717) is 20.8 Å². The molecule has 0 spiro atoms. The molecular formula is C18H17BrClNO4. The highest BCUT2D eigenvalue weighted by molar-refractivity contribution is 9.10. The molecule has 7 heteroatoms. The fraction of sp³-hybridized carbons (Fsp3) is 0.222. The predicted molar refractivity (Wildman–Crippen MR) is 98.9 cm³/mol. The average molecular weight is 427 g/mol. The van der Waals surface area contributed by atoms with Gasteiger partial charge in [0.1, 0.15) is 12.3 Å². The van der Waals surface area contributed by atoms with E-state index in [1.807, 2.05) is 0 Å². The van der Waals surface area contributed by atoms with Crippen molar-refractivity contribution in [3.05, 3.63) is 63.1 Å². The standard InChI is InChI=1S/C18H17BrClNO4/c1-24-14-7-8-16(19)15(9-14)18(23)21(11-17(22)25-2)10-12-3-5-13(20)6-4-12/h3-9H,10-11H2,1-2H3. The van der Waals surface area contributed by atoms with Gasteiger partial charge in [0.25, 0.3) is 5.91 Å². The number of hydrogen-bond acceptors (Lipinski definition) is 4. The van der Waals surface area contributed by atoms with Crippen LogP contribution in [0.2, 0.25) is 5.02 Å². The third kappa shape index (κ3) is 5.21. The molecule has 0 unspecified atom stereocenters. The van der Waals surface area contributed by atoms with Crippen LogP contribution < -0.4 is 4.74 Å². The number of benzene rings is 2. The van der Waals surface area contributed by atoms with E-state index in [0.717, 1.165) is 5.56 Å². The first-order valence-electron chi connectivity index (χ1n) is 7.38. The third-order valence-electron chi connectivity index (χ3n) is 3.53. The largest absolute Gasteiger partial charge is 0.497 e. The van der Waals surface area contributed by atoms with Gasteiger partial charge in [-0.2, -0.15) is 0 Å². The molecule has 0 saturated heterocycles. The molecule has 0 aromatic heterocycles. The quantitative estimate of drug-likeness (QED) is 0.657. The fourth-order valence-corrected chi connectivity index (χ4v) is 2.74.